The van der Waals surface area contributed by atoms with E-state index in [0.717, 1.165) is 9.87 Å². The molecule has 1 atom stereocenters. The highest BCUT2D eigenvalue weighted by Crippen LogP contribution is 2.28. The maximum atomic E-state index is 13.9. The molecule has 0 spiro atoms. The van der Waals surface area contributed by atoms with E-state index < -0.39 is 28.5 Å². The number of nitrogens with zero attached hydrogens (tertiary/aromatic N) is 2. The Hall–Kier alpha value is -4.05. The number of hydrogen-bond acceptors (Lipinski definition) is 6. The number of ether oxygens (including phenoxy) is 2. The van der Waals surface area contributed by atoms with Crippen LogP contribution in [0.4, 0.5) is 5.69 Å². The lowest BCUT2D eigenvalue weighted by molar-refractivity contribution is -0.140. The van der Waals surface area contributed by atoms with Gasteiger partial charge in [-0.05, 0) is 48.4 Å². The molecule has 0 aromatic heterocycles. The Labute approximate surface area is 224 Å². The van der Waals surface area contributed by atoms with Crippen molar-refractivity contribution in [2.24, 2.45) is 0 Å². The van der Waals surface area contributed by atoms with Crippen LogP contribution < -0.4 is 19.1 Å². The van der Waals surface area contributed by atoms with Crippen molar-refractivity contribution in [1.82, 2.24) is 10.2 Å². The van der Waals surface area contributed by atoms with Gasteiger partial charge in [0.05, 0.1) is 24.8 Å². The molecule has 10 heteroatoms. The third kappa shape index (κ3) is 6.63. The predicted octanol–water partition coefficient (Wildman–Crippen LogP) is 3.45. The Morgan fingerprint density at radius 1 is 0.895 bits per heavy atom. The summed E-state index contributed by atoms with van der Waals surface area (Å²) >= 11 is 0. The van der Waals surface area contributed by atoms with Gasteiger partial charge in [0, 0.05) is 19.7 Å². The van der Waals surface area contributed by atoms with Crippen molar-refractivity contribution >= 4 is 27.5 Å². The second-order valence-electron chi connectivity index (χ2n) is 8.43. The van der Waals surface area contributed by atoms with Crippen molar-refractivity contribution in [1.29, 1.82) is 0 Å². The Kier molecular flexibility index (Phi) is 9.72. The molecular formula is C28H33N3O6S. The second kappa shape index (κ2) is 13.0. The third-order valence-electron chi connectivity index (χ3n) is 6.10. The van der Waals surface area contributed by atoms with E-state index in [-0.39, 0.29) is 23.0 Å². The average Bonchev–Trinajstić information content (AvgIpc) is 2.96. The zero-order valence-electron chi connectivity index (χ0n) is 22.0. The SMILES string of the molecule is CCC(C(=O)NC)N(Cc1ccc(OC)cc1)C(=O)CN(c1cccc(OC)c1)S(=O)(=O)c1ccccc1. The summed E-state index contributed by atoms with van der Waals surface area (Å²) < 4.78 is 39.1. The van der Waals surface area contributed by atoms with Crippen LogP contribution in [0.2, 0.25) is 0 Å². The molecule has 2 amide bonds. The number of benzene rings is 3. The highest BCUT2D eigenvalue weighted by atomic mass is 32.2. The van der Waals surface area contributed by atoms with Crippen molar-refractivity contribution in [2.75, 3.05) is 32.1 Å². The predicted molar refractivity (Wildman–Crippen MR) is 146 cm³/mol. The first-order chi connectivity index (χ1) is 18.2. The maximum Gasteiger partial charge on any atom is 0.264 e. The molecule has 1 N–H and O–H groups in total. The van der Waals surface area contributed by atoms with Crippen LogP contribution in [-0.4, -0.2) is 59.0 Å². The third-order valence-corrected chi connectivity index (χ3v) is 7.88. The van der Waals surface area contributed by atoms with Gasteiger partial charge in [0.25, 0.3) is 10.0 Å². The summed E-state index contributed by atoms with van der Waals surface area (Å²) in [6, 6.07) is 20.7. The van der Waals surface area contributed by atoms with Gasteiger partial charge in [-0.3, -0.25) is 13.9 Å². The summed E-state index contributed by atoms with van der Waals surface area (Å²) in [5.41, 5.74) is 1.03. The monoisotopic (exact) mass is 539 g/mol. The van der Waals surface area contributed by atoms with Gasteiger partial charge in [0.15, 0.2) is 0 Å². The van der Waals surface area contributed by atoms with Gasteiger partial charge in [-0.1, -0.05) is 43.3 Å². The van der Waals surface area contributed by atoms with Crippen LogP contribution in [0.1, 0.15) is 18.9 Å². The van der Waals surface area contributed by atoms with Crippen LogP contribution >= 0.6 is 0 Å². The van der Waals surface area contributed by atoms with Crippen LogP contribution in [0.5, 0.6) is 11.5 Å². The Bertz CT molecular complexity index is 1330. The normalized spacial score (nSPS) is 11.8. The van der Waals surface area contributed by atoms with Crippen LogP contribution in [0, 0.1) is 0 Å². The minimum absolute atomic E-state index is 0.0377. The molecule has 3 rings (SSSR count). The molecule has 0 heterocycles. The fourth-order valence-electron chi connectivity index (χ4n) is 4.03. The van der Waals surface area contributed by atoms with Crippen molar-refractivity contribution in [3.63, 3.8) is 0 Å². The molecule has 9 nitrogen and oxygen atoms in total. The molecule has 0 radical (unpaired) electrons. The number of nitrogens with one attached hydrogen (secondary N) is 1. The Balaban J connectivity index is 2.05. The summed E-state index contributed by atoms with van der Waals surface area (Å²) in [6.07, 6.45) is 0.339. The van der Waals surface area contributed by atoms with Gasteiger partial charge < -0.3 is 19.7 Å². The molecule has 0 aliphatic carbocycles. The number of hydrogen-bond donors (Lipinski definition) is 1. The standard InChI is InChI=1S/C28H33N3O6S/c1-5-26(28(33)29-2)30(19-21-14-16-23(36-3)17-15-21)27(32)20-31(22-10-9-11-24(18-22)37-4)38(34,35)25-12-7-6-8-13-25/h6-18,26H,5,19-20H2,1-4H3,(H,29,33). The number of carbonyl (C=O) groups excluding carboxylic acids is 2. The molecule has 0 aliphatic heterocycles. The Morgan fingerprint density at radius 2 is 1.55 bits per heavy atom. The van der Waals surface area contributed by atoms with Gasteiger partial charge in [0.1, 0.15) is 24.1 Å². The van der Waals surface area contributed by atoms with E-state index in [0.29, 0.717) is 17.9 Å². The minimum Gasteiger partial charge on any atom is -0.497 e. The van der Waals surface area contributed by atoms with E-state index in [1.165, 1.54) is 31.2 Å². The van der Waals surface area contributed by atoms with E-state index in [1.54, 1.807) is 80.8 Å². The topological polar surface area (TPSA) is 105 Å². The molecule has 0 saturated carbocycles. The first-order valence-corrected chi connectivity index (χ1v) is 13.5. The summed E-state index contributed by atoms with van der Waals surface area (Å²) in [7, 11) is 0.406. The molecular weight excluding hydrogens is 506 g/mol. The van der Waals surface area contributed by atoms with E-state index in [1.807, 2.05) is 0 Å². The van der Waals surface area contributed by atoms with Crippen molar-refractivity contribution < 1.29 is 27.5 Å². The molecule has 3 aromatic carbocycles. The minimum atomic E-state index is -4.13. The second-order valence-corrected chi connectivity index (χ2v) is 10.3. The number of amides is 2. The van der Waals surface area contributed by atoms with Gasteiger partial charge >= 0.3 is 0 Å². The maximum absolute atomic E-state index is 13.9. The lowest BCUT2D eigenvalue weighted by Crippen LogP contribution is -2.51. The Morgan fingerprint density at radius 3 is 2.13 bits per heavy atom. The van der Waals surface area contributed by atoms with Crippen LogP contribution in [0.15, 0.2) is 83.8 Å². The highest BCUT2D eigenvalue weighted by molar-refractivity contribution is 7.92. The lowest BCUT2D eigenvalue weighted by Gasteiger charge is -2.33. The average molecular weight is 540 g/mol. The smallest absolute Gasteiger partial charge is 0.264 e. The lowest BCUT2D eigenvalue weighted by atomic mass is 10.1. The summed E-state index contributed by atoms with van der Waals surface area (Å²) in [5, 5.41) is 2.61. The van der Waals surface area contributed by atoms with Crippen molar-refractivity contribution in [3.05, 3.63) is 84.4 Å². The summed E-state index contributed by atoms with van der Waals surface area (Å²) in [5.74, 6) is 0.227. The van der Waals surface area contributed by atoms with E-state index >= 15 is 0 Å². The van der Waals surface area contributed by atoms with Crippen LogP contribution in [0.3, 0.4) is 0 Å². The van der Waals surface area contributed by atoms with Gasteiger partial charge in [-0.15, -0.1) is 0 Å². The van der Waals surface area contributed by atoms with Crippen molar-refractivity contribution in [3.8, 4) is 11.5 Å². The number of rotatable bonds is 12. The molecule has 1 unspecified atom stereocenters. The molecule has 3 aromatic rings. The fourth-order valence-corrected chi connectivity index (χ4v) is 5.45. The zero-order valence-corrected chi connectivity index (χ0v) is 22.8. The summed E-state index contributed by atoms with van der Waals surface area (Å²) in [6.45, 7) is 1.38. The number of methoxy groups -OCH3 is 2. The molecule has 0 fully saturated rings. The molecule has 0 aliphatic rings. The summed E-state index contributed by atoms with van der Waals surface area (Å²) in [4.78, 5) is 28.1. The zero-order chi connectivity index (χ0) is 27.7. The number of anilines is 1. The van der Waals surface area contributed by atoms with Gasteiger partial charge in [0.2, 0.25) is 11.8 Å². The van der Waals surface area contributed by atoms with Gasteiger partial charge in [-0.2, -0.15) is 0 Å². The molecule has 38 heavy (non-hydrogen) atoms. The molecule has 0 saturated heterocycles. The first kappa shape index (κ1) is 28.5. The quantitative estimate of drug-likeness (QED) is 0.378. The fraction of sp³-hybridized carbons (Fsp3) is 0.286. The van der Waals surface area contributed by atoms with Crippen LogP contribution in [-0.2, 0) is 26.2 Å². The first-order valence-electron chi connectivity index (χ1n) is 12.1. The van der Waals surface area contributed by atoms with E-state index in [9.17, 15) is 18.0 Å². The number of carbonyl (C=O) groups is 2. The molecule has 202 valence electrons. The molecule has 0 bridgehead atoms. The van der Waals surface area contributed by atoms with E-state index in [4.69, 9.17) is 9.47 Å². The van der Waals surface area contributed by atoms with Crippen LogP contribution in [0.25, 0.3) is 0 Å². The number of likely N-dealkylation sites (N-methyl/N-ethyl adjacent to an activating group) is 1. The van der Waals surface area contributed by atoms with Crippen molar-refractivity contribution in [2.45, 2.75) is 30.8 Å². The number of sulfonamides is 1. The van der Waals surface area contributed by atoms with Gasteiger partial charge in [-0.25, -0.2) is 8.42 Å². The van der Waals surface area contributed by atoms with E-state index in [2.05, 4.69) is 5.32 Å². The highest BCUT2D eigenvalue weighted by Gasteiger charge is 2.33. The largest absolute Gasteiger partial charge is 0.497 e.